The fraction of sp³-hybridized carbons (Fsp3) is 0.167. The molecular formula is C18H17NO3. The summed E-state index contributed by atoms with van der Waals surface area (Å²) in [5.41, 5.74) is 2.92. The molecule has 4 nitrogen and oxygen atoms in total. The number of fused-ring (bicyclic) bond motifs is 1. The Bertz CT molecular complexity index is 705. The van der Waals surface area contributed by atoms with E-state index in [-0.39, 0.29) is 12.7 Å². The van der Waals surface area contributed by atoms with E-state index in [0.717, 1.165) is 28.3 Å². The lowest BCUT2D eigenvalue weighted by Crippen LogP contribution is -2.08. The number of amides is 1. The predicted octanol–water partition coefficient (Wildman–Crippen LogP) is 3.93. The molecule has 0 saturated carbocycles. The lowest BCUT2D eigenvalue weighted by molar-refractivity contribution is -0.115. The molecule has 4 heteroatoms. The number of benzene rings is 2. The monoisotopic (exact) mass is 295 g/mol. The summed E-state index contributed by atoms with van der Waals surface area (Å²) in [6.07, 6.45) is 4.51. The van der Waals surface area contributed by atoms with Gasteiger partial charge in [-0.1, -0.05) is 37.3 Å². The Morgan fingerprint density at radius 1 is 1.05 bits per heavy atom. The van der Waals surface area contributed by atoms with Crippen LogP contribution in [0.25, 0.3) is 12.2 Å². The topological polar surface area (TPSA) is 47.6 Å². The molecular weight excluding hydrogens is 278 g/mol. The standard InChI is InChI=1S/C18H17NO3/c1-2-18(20)19-15-8-5-13(6-9-15)3-4-14-7-10-16-17(11-14)22-12-21-16/h3-11H,2,12H2,1H3,(H,19,20)/b4-3+. The van der Waals surface area contributed by atoms with Crippen molar-refractivity contribution < 1.29 is 14.3 Å². The van der Waals surface area contributed by atoms with Crippen LogP contribution in [0.2, 0.25) is 0 Å². The average molecular weight is 295 g/mol. The largest absolute Gasteiger partial charge is 0.454 e. The van der Waals surface area contributed by atoms with Crippen molar-refractivity contribution in [2.75, 3.05) is 12.1 Å². The van der Waals surface area contributed by atoms with E-state index < -0.39 is 0 Å². The van der Waals surface area contributed by atoms with E-state index in [2.05, 4.69) is 5.32 Å². The maximum Gasteiger partial charge on any atom is 0.231 e. The Morgan fingerprint density at radius 2 is 1.73 bits per heavy atom. The Hall–Kier alpha value is -2.75. The smallest absolute Gasteiger partial charge is 0.231 e. The minimum Gasteiger partial charge on any atom is -0.454 e. The molecule has 0 aliphatic carbocycles. The number of carbonyl (C=O) groups is 1. The molecule has 2 aromatic rings. The van der Waals surface area contributed by atoms with Gasteiger partial charge in [0.15, 0.2) is 11.5 Å². The van der Waals surface area contributed by atoms with Crippen molar-refractivity contribution in [1.29, 1.82) is 0 Å². The molecule has 22 heavy (non-hydrogen) atoms. The highest BCUT2D eigenvalue weighted by atomic mass is 16.7. The Morgan fingerprint density at radius 3 is 2.50 bits per heavy atom. The minimum absolute atomic E-state index is 0.0173. The number of hydrogen-bond donors (Lipinski definition) is 1. The first-order chi connectivity index (χ1) is 10.7. The van der Waals surface area contributed by atoms with Crippen LogP contribution in [0, 0.1) is 0 Å². The number of anilines is 1. The molecule has 0 bridgehead atoms. The molecule has 0 atom stereocenters. The van der Waals surface area contributed by atoms with Gasteiger partial charge in [0.2, 0.25) is 12.7 Å². The summed E-state index contributed by atoms with van der Waals surface area (Å²) in [6.45, 7) is 2.12. The van der Waals surface area contributed by atoms with Crippen LogP contribution < -0.4 is 14.8 Å². The van der Waals surface area contributed by atoms with Gasteiger partial charge in [-0.3, -0.25) is 4.79 Å². The molecule has 3 rings (SSSR count). The second kappa shape index (κ2) is 6.35. The van der Waals surface area contributed by atoms with Crippen LogP contribution in [0.15, 0.2) is 42.5 Å². The molecule has 112 valence electrons. The second-order valence-corrected chi connectivity index (χ2v) is 4.97. The van der Waals surface area contributed by atoms with Gasteiger partial charge in [0.05, 0.1) is 0 Å². The number of rotatable bonds is 4. The SMILES string of the molecule is CCC(=O)Nc1ccc(/C=C/c2ccc3c(c2)OCO3)cc1. The third-order valence-electron chi connectivity index (χ3n) is 3.38. The van der Waals surface area contributed by atoms with E-state index in [9.17, 15) is 4.79 Å². The van der Waals surface area contributed by atoms with Gasteiger partial charge < -0.3 is 14.8 Å². The molecule has 0 unspecified atom stereocenters. The second-order valence-electron chi connectivity index (χ2n) is 4.97. The number of ether oxygens (including phenoxy) is 2. The zero-order chi connectivity index (χ0) is 15.4. The summed E-state index contributed by atoms with van der Waals surface area (Å²) in [6, 6.07) is 13.6. The van der Waals surface area contributed by atoms with Crippen LogP contribution in [0.3, 0.4) is 0 Å². The summed E-state index contributed by atoms with van der Waals surface area (Å²) in [5.74, 6) is 1.58. The van der Waals surface area contributed by atoms with Crippen LogP contribution in [0.5, 0.6) is 11.5 Å². The summed E-state index contributed by atoms with van der Waals surface area (Å²) in [7, 11) is 0. The van der Waals surface area contributed by atoms with Gasteiger partial charge >= 0.3 is 0 Å². The summed E-state index contributed by atoms with van der Waals surface area (Å²) >= 11 is 0. The van der Waals surface area contributed by atoms with Gasteiger partial charge in [-0.05, 0) is 35.4 Å². The van der Waals surface area contributed by atoms with E-state index in [4.69, 9.17) is 9.47 Å². The predicted molar refractivity (Wildman–Crippen MR) is 86.9 cm³/mol. The van der Waals surface area contributed by atoms with E-state index in [1.807, 2.05) is 61.5 Å². The van der Waals surface area contributed by atoms with Crippen molar-refractivity contribution in [3.63, 3.8) is 0 Å². The number of hydrogen-bond acceptors (Lipinski definition) is 3. The minimum atomic E-state index is 0.0173. The lowest BCUT2D eigenvalue weighted by Gasteiger charge is -2.03. The quantitative estimate of drug-likeness (QED) is 0.869. The molecule has 1 N–H and O–H groups in total. The summed E-state index contributed by atoms with van der Waals surface area (Å²) in [4.78, 5) is 11.3. The molecule has 2 aromatic carbocycles. The van der Waals surface area contributed by atoms with Crippen molar-refractivity contribution in [3.8, 4) is 11.5 Å². The molecule has 0 aromatic heterocycles. The molecule has 1 heterocycles. The highest BCUT2D eigenvalue weighted by Crippen LogP contribution is 2.32. The molecule has 1 aliphatic rings. The van der Waals surface area contributed by atoms with E-state index in [1.54, 1.807) is 0 Å². The summed E-state index contributed by atoms with van der Waals surface area (Å²) < 4.78 is 10.6. The molecule has 0 spiro atoms. The third kappa shape index (κ3) is 3.28. The van der Waals surface area contributed by atoms with Crippen molar-refractivity contribution in [2.45, 2.75) is 13.3 Å². The van der Waals surface area contributed by atoms with Gasteiger partial charge in [-0.25, -0.2) is 0 Å². The Balaban J connectivity index is 1.68. The highest BCUT2D eigenvalue weighted by molar-refractivity contribution is 5.90. The molecule has 0 radical (unpaired) electrons. The van der Waals surface area contributed by atoms with Gasteiger partial charge in [0.25, 0.3) is 0 Å². The van der Waals surface area contributed by atoms with Crippen LogP contribution in [0.1, 0.15) is 24.5 Å². The van der Waals surface area contributed by atoms with Crippen molar-refractivity contribution in [3.05, 3.63) is 53.6 Å². The van der Waals surface area contributed by atoms with E-state index >= 15 is 0 Å². The average Bonchev–Trinajstić information content (AvgIpc) is 3.01. The molecule has 0 fully saturated rings. The molecule has 1 aliphatic heterocycles. The first kappa shape index (κ1) is 14.2. The normalized spacial score (nSPS) is 12.6. The maximum atomic E-state index is 11.3. The third-order valence-corrected chi connectivity index (χ3v) is 3.38. The Kier molecular flexibility index (Phi) is 4.10. The van der Waals surface area contributed by atoms with E-state index in [1.165, 1.54) is 0 Å². The van der Waals surface area contributed by atoms with Crippen LogP contribution >= 0.6 is 0 Å². The van der Waals surface area contributed by atoms with Gasteiger partial charge in [0, 0.05) is 12.1 Å². The van der Waals surface area contributed by atoms with Crippen molar-refractivity contribution in [1.82, 2.24) is 0 Å². The first-order valence-electron chi connectivity index (χ1n) is 7.22. The van der Waals surface area contributed by atoms with Crippen molar-refractivity contribution >= 4 is 23.7 Å². The first-order valence-corrected chi connectivity index (χ1v) is 7.22. The maximum absolute atomic E-state index is 11.3. The van der Waals surface area contributed by atoms with E-state index in [0.29, 0.717) is 6.42 Å². The highest BCUT2D eigenvalue weighted by Gasteiger charge is 2.12. The zero-order valence-corrected chi connectivity index (χ0v) is 12.3. The number of carbonyl (C=O) groups excluding carboxylic acids is 1. The van der Waals surface area contributed by atoms with Crippen LogP contribution in [-0.2, 0) is 4.79 Å². The van der Waals surface area contributed by atoms with Crippen LogP contribution in [0.4, 0.5) is 5.69 Å². The van der Waals surface area contributed by atoms with Crippen molar-refractivity contribution in [2.24, 2.45) is 0 Å². The fourth-order valence-electron chi connectivity index (χ4n) is 2.14. The molecule has 0 saturated heterocycles. The van der Waals surface area contributed by atoms with Gasteiger partial charge in [0.1, 0.15) is 0 Å². The summed E-state index contributed by atoms with van der Waals surface area (Å²) in [5, 5.41) is 2.83. The zero-order valence-electron chi connectivity index (χ0n) is 12.3. The fourth-order valence-corrected chi connectivity index (χ4v) is 2.14. The van der Waals surface area contributed by atoms with Gasteiger partial charge in [-0.2, -0.15) is 0 Å². The molecule has 1 amide bonds. The number of nitrogens with one attached hydrogen (secondary N) is 1. The lowest BCUT2D eigenvalue weighted by atomic mass is 10.1. The Labute approximate surface area is 129 Å². The van der Waals surface area contributed by atoms with Gasteiger partial charge in [-0.15, -0.1) is 0 Å². The van der Waals surface area contributed by atoms with Crippen LogP contribution in [-0.4, -0.2) is 12.7 Å².